The van der Waals surface area contributed by atoms with Gasteiger partial charge in [0.2, 0.25) is 0 Å². The van der Waals surface area contributed by atoms with Crippen molar-refractivity contribution in [1.29, 1.82) is 0 Å². The predicted molar refractivity (Wildman–Crippen MR) is 60.0 cm³/mol. The first kappa shape index (κ1) is 10.3. The summed E-state index contributed by atoms with van der Waals surface area (Å²) < 4.78 is 0. The van der Waals surface area contributed by atoms with Gasteiger partial charge in [0.25, 0.3) is 0 Å². The van der Waals surface area contributed by atoms with Crippen molar-refractivity contribution in [3.8, 4) is 0 Å². The van der Waals surface area contributed by atoms with Crippen LogP contribution in [0, 0.1) is 0 Å². The molecule has 0 spiro atoms. The Kier molecular flexibility index (Phi) is 2.37. The number of nitrogens with zero attached hydrogens (tertiary/aromatic N) is 1. The average Bonchev–Trinajstić information content (AvgIpc) is 2.15. The van der Waals surface area contributed by atoms with E-state index in [9.17, 15) is 4.79 Å². The molecule has 15 heavy (non-hydrogen) atoms. The standard InChI is InChI=1S/C13H17NO/c1-13(2,3)12-7-5-9-4-6-10(15)8-11(9)14-12/h5,7H,4,6,8H2,1-3H3. The number of hydrogen-bond acceptors (Lipinski definition) is 2. The molecule has 0 unspecified atom stereocenters. The molecule has 1 heterocycles. The van der Waals surface area contributed by atoms with Gasteiger partial charge in [-0.2, -0.15) is 0 Å². The molecule has 0 saturated heterocycles. The molecular formula is C13H17NO. The zero-order valence-electron chi connectivity index (χ0n) is 9.63. The van der Waals surface area contributed by atoms with Gasteiger partial charge in [0.1, 0.15) is 5.78 Å². The van der Waals surface area contributed by atoms with Gasteiger partial charge >= 0.3 is 0 Å². The molecule has 0 bridgehead atoms. The summed E-state index contributed by atoms with van der Waals surface area (Å²) in [6, 6.07) is 4.23. The van der Waals surface area contributed by atoms with Crippen LogP contribution in [0.1, 0.15) is 44.1 Å². The normalized spacial score (nSPS) is 16.3. The monoisotopic (exact) mass is 203 g/mol. The molecule has 2 heteroatoms. The van der Waals surface area contributed by atoms with E-state index in [4.69, 9.17) is 0 Å². The largest absolute Gasteiger partial charge is 0.299 e. The van der Waals surface area contributed by atoms with Crippen LogP contribution >= 0.6 is 0 Å². The Balaban J connectivity index is 2.41. The van der Waals surface area contributed by atoms with E-state index < -0.39 is 0 Å². The van der Waals surface area contributed by atoms with Crippen LogP contribution in [0.25, 0.3) is 0 Å². The predicted octanol–water partition coefficient (Wildman–Crippen LogP) is 2.44. The second-order valence-electron chi connectivity index (χ2n) is 5.27. The Morgan fingerprint density at radius 1 is 1.20 bits per heavy atom. The lowest BCUT2D eigenvalue weighted by molar-refractivity contribution is -0.118. The van der Waals surface area contributed by atoms with Gasteiger partial charge in [-0.1, -0.05) is 26.8 Å². The van der Waals surface area contributed by atoms with Crippen molar-refractivity contribution < 1.29 is 4.79 Å². The SMILES string of the molecule is CC(C)(C)c1ccc2c(n1)CC(=O)CC2. The molecule has 0 N–H and O–H groups in total. The van der Waals surface area contributed by atoms with Gasteiger partial charge in [0.05, 0.1) is 5.69 Å². The molecule has 2 rings (SSSR count). The highest BCUT2D eigenvalue weighted by atomic mass is 16.1. The third kappa shape index (κ3) is 2.09. The number of carbonyl (C=O) groups is 1. The number of aryl methyl sites for hydroxylation is 1. The summed E-state index contributed by atoms with van der Waals surface area (Å²) in [6.45, 7) is 6.44. The smallest absolute Gasteiger partial charge is 0.139 e. The first-order valence-electron chi connectivity index (χ1n) is 5.48. The molecular weight excluding hydrogens is 186 g/mol. The molecule has 1 aromatic heterocycles. The minimum atomic E-state index is 0.0650. The van der Waals surface area contributed by atoms with Crippen LogP contribution in [0.15, 0.2) is 12.1 Å². The van der Waals surface area contributed by atoms with Crippen LogP contribution in [0.2, 0.25) is 0 Å². The Morgan fingerprint density at radius 3 is 2.60 bits per heavy atom. The van der Waals surface area contributed by atoms with Crippen LogP contribution in [-0.2, 0) is 23.1 Å². The first-order chi connectivity index (χ1) is 6.97. The number of rotatable bonds is 0. The molecule has 0 fully saturated rings. The Morgan fingerprint density at radius 2 is 1.93 bits per heavy atom. The number of pyridine rings is 1. The highest BCUT2D eigenvalue weighted by Gasteiger charge is 2.21. The molecule has 0 atom stereocenters. The third-order valence-electron chi connectivity index (χ3n) is 2.87. The van der Waals surface area contributed by atoms with E-state index in [0.717, 1.165) is 17.8 Å². The fourth-order valence-electron chi connectivity index (χ4n) is 1.88. The van der Waals surface area contributed by atoms with Crippen LogP contribution in [0.3, 0.4) is 0 Å². The lowest BCUT2D eigenvalue weighted by Crippen LogP contribution is -2.19. The maximum absolute atomic E-state index is 11.3. The van der Waals surface area contributed by atoms with Gasteiger partial charge in [-0.3, -0.25) is 9.78 Å². The average molecular weight is 203 g/mol. The summed E-state index contributed by atoms with van der Waals surface area (Å²) in [5.41, 5.74) is 3.40. The van der Waals surface area contributed by atoms with E-state index in [0.29, 0.717) is 18.6 Å². The topological polar surface area (TPSA) is 30.0 Å². The fourth-order valence-corrected chi connectivity index (χ4v) is 1.88. The van der Waals surface area contributed by atoms with Gasteiger partial charge < -0.3 is 0 Å². The molecule has 2 nitrogen and oxygen atoms in total. The van der Waals surface area contributed by atoms with Crippen molar-refractivity contribution in [2.45, 2.75) is 45.4 Å². The maximum atomic E-state index is 11.3. The second kappa shape index (κ2) is 3.44. The summed E-state index contributed by atoms with van der Waals surface area (Å²) in [4.78, 5) is 16.0. The number of ketones is 1. The summed E-state index contributed by atoms with van der Waals surface area (Å²) in [7, 11) is 0. The third-order valence-corrected chi connectivity index (χ3v) is 2.87. The number of carbonyl (C=O) groups excluding carboxylic acids is 1. The molecule has 1 aliphatic rings. The van der Waals surface area contributed by atoms with Gasteiger partial charge in [0.15, 0.2) is 0 Å². The van der Waals surface area contributed by atoms with Gasteiger partial charge in [0, 0.05) is 24.0 Å². The molecule has 1 aliphatic carbocycles. The first-order valence-corrected chi connectivity index (χ1v) is 5.48. The quantitative estimate of drug-likeness (QED) is 0.648. The summed E-state index contributed by atoms with van der Waals surface area (Å²) in [5.74, 6) is 0.320. The van der Waals surface area contributed by atoms with E-state index >= 15 is 0 Å². The van der Waals surface area contributed by atoms with Crippen molar-refractivity contribution in [2.24, 2.45) is 0 Å². The highest BCUT2D eigenvalue weighted by molar-refractivity contribution is 5.82. The number of fused-ring (bicyclic) bond motifs is 1. The van der Waals surface area contributed by atoms with Crippen LogP contribution in [0.4, 0.5) is 0 Å². The van der Waals surface area contributed by atoms with Gasteiger partial charge in [-0.25, -0.2) is 0 Å². The molecule has 0 amide bonds. The highest BCUT2D eigenvalue weighted by Crippen LogP contribution is 2.24. The second-order valence-corrected chi connectivity index (χ2v) is 5.27. The lowest BCUT2D eigenvalue weighted by atomic mass is 9.88. The van der Waals surface area contributed by atoms with E-state index in [2.05, 4.69) is 37.9 Å². The number of Topliss-reactive ketones (excluding diaryl/α,β-unsaturated/α-hetero) is 1. The Bertz CT molecular complexity index is 401. The number of hydrogen-bond donors (Lipinski definition) is 0. The minimum Gasteiger partial charge on any atom is -0.299 e. The van der Waals surface area contributed by atoms with Crippen molar-refractivity contribution >= 4 is 5.78 Å². The molecule has 0 radical (unpaired) electrons. The maximum Gasteiger partial charge on any atom is 0.139 e. The van der Waals surface area contributed by atoms with E-state index in [1.807, 2.05) is 0 Å². The van der Waals surface area contributed by atoms with Crippen LogP contribution in [0.5, 0.6) is 0 Å². The zero-order chi connectivity index (χ0) is 11.1. The van der Waals surface area contributed by atoms with Crippen molar-refractivity contribution in [3.05, 3.63) is 29.1 Å². The van der Waals surface area contributed by atoms with Crippen molar-refractivity contribution in [3.63, 3.8) is 0 Å². The molecule has 1 aromatic rings. The van der Waals surface area contributed by atoms with Gasteiger partial charge in [-0.15, -0.1) is 0 Å². The minimum absolute atomic E-state index is 0.0650. The van der Waals surface area contributed by atoms with Crippen LogP contribution in [-0.4, -0.2) is 10.8 Å². The summed E-state index contributed by atoms with van der Waals surface area (Å²) in [6.07, 6.45) is 2.08. The van der Waals surface area contributed by atoms with Crippen molar-refractivity contribution in [1.82, 2.24) is 4.98 Å². The molecule has 0 aromatic carbocycles. The molecule has 0 aliphatic heterocycles. The molecule has 0 saturated carbocycles. The van der Waals surface area contributed by atoms with E-state index in [1.54, 1.807) is 0 Å². The van der Waals surface area contributed by atoms with Crippen LogP contribution < -0.4 is 0 Å². The van der Waals surface area contributed by atoms with E-state index in [-0.39, 0.29) is 5.41 Å². The van der Waals surface area contributed by atoms with E-state index in [1.165, 1.54) is 5.56 Å². The Labute approximate surface area is 90.7 Å². The molecule has 80 valence electrons. The Hall–Kier alpha value is -1.18. The number of aromatic nitrogens is 1. The van der Waals surface area contributed by atoms with Crippen molar-refractivity contribution in [2.75, 3.05) is 0 Å². The zero-order valence-corrected chi connectivity index (χ0v) is 9.63. The van der Waals surface area contributed by atoms with Gasteiger partial charge in [-0.05, 0) is 18.1 Å². The fraction of sp³-hybridized carbons (Fsp3) is 0.538. The summed E-state index contributed by atoms with van der Waals surface area (Å²) >= 11 is 0. The summed E-state index contributed by atoms with van der Waals surface area (Å²) in [5, 5.41) is 0. The lowest BCUT2D eigenvalue weighted by Gasteiger charge is -2.21.